The van der Waals surface area contributed by atoms with Gasteiger partial charge >= 0.3 is 5.69 Å². The topological polar surface area (TPSA) is 81.5 Å². The Morgan fingerprint density at radius 2 is 1.96 bits per heavy atom. The fourth-order valence-corrected chi connectivity index (χ4v) is 2.23. The maximum absolute atomic E-state index is 12.1. The normalized spacial score (nSPS) is 11.6. The van der Waals surface area contributed by atoms with Crippen LogP contribution in [0.15, 0.2) is 42.5 Å². The number of benzene rings is 2. The highest BCUT2D eigenvalue weighted by Gasteiger charge is 2.21. The summed E-state index contributed by atoms with van der Waals surface area (Å²) < 4.78 is 5.38. The van der Waals surface area contributed by atoms with Gasteiger partial charge in [-0.15, -0.1) is 0 Å². The van der Waals surface area contributed by atoms with Gasteiger partial charge in [0.05, 0.1) is 15.6 Å². The summed E-state index contributed by atoms with van der Waals surface area (Å²) in [5, 5.41) is 14.2. The zero-order valence-electron chi connectivity index (χ0n) is 12.0. The number of halogens is 2. The summed E-state index contributed by atoms with van der Waals surface area (Å²) in [4.78, 5) is 22.5. The van der Waals surface area contributed by atoms with E-state index < -0.39 is 16.9 Å². The Kier molecular flexibility index (Phi) is 5.41. The number of carbonyl (C=O) groups excluding carboxylic acids is 1. The zero-order chi connectivity index (χ0) is 17.0. The van der Waals surface area contributed by atoms with Crippen molar-refractivity contribution < 1.29 is 14.5 Å². The van der Waals surface area contributed by atoms with Gasteiger partial charge in [-0.1, -0.05) is 35.3 Å². The van der Waals surface area contributed by atoms with E-state index in [1.54, 1.807) is 18.2 Å². The number of hydrogen-bond donors (Lipinski definition) is 1. The molecule has 0 saturated heterocycles. The number of hydrogen-bond acceptors (Lipinski definition) is 4. The summed E-state index contributed by atoms with van der Waals surface area (Å²) in [5.41, 5.74) is 0.163. The molecule has 0 aliphatic heterocycles. The van der Waals surface area contributed by atoms with Crippen LogP contribution >= 0.6 is 23.2 Å². The van der Waals surface area contributed by atoms with E-state index in [-0.39, 0.29) is 16.5 Å². The van der Waals surface area contributed by atoms with Crippen LogP contribution in [0, 0.1) is 10.1 Å². The van der Waals surface area contributed by atoms with E-state index in [1.165, 1.54) is 31.2 Å². The van der Waals surface area contributed by atoms with Gasteiger partial charge in [-0.05, 0) is 31.2 Å². The van der Waals surface area contributed by atoms with E-state index in [9.17, 15) is 14.9 Å². The number of nitro groups is 1. The van der Waals surface area contributed by atoms with Crippen molar-refractivity contribution in [1.82, 2.24) is 0 Å². The quantitative estimate of drug-likeness (QED) is 0.640. The van der Waals surface area contributed by atoms with Gasteiger partial charge in [-0.25, -0.2) is 0 Å². The van der Waals surface area contributed by atoms with Gasteiger partial charge in [0, 0.05) is 11.1 Å². The van der Waals surface area contributed by atoms with Crippen molar-refractivity contribution in [3.63, 3.8) is 0 Å². The van der Waals surface area contributed by atoms with Crippen molar-refractivity contribution in [1.29, 1.82) is 0 Å². The van der Waals surface area contributed by atoms with Gasteiger partial charge in [0.25, 0.3) is 5.91 Å². The molecule has 0 aromatic heterocycles. The predicted molar refractivity (Wildman–Crippen MR) is 88.3 cm³/mol. The fourth-order valence-electron chi connectivity index (χ4n) is 1.78. The molecule has 6 nitrogen and oxygen atoms in total. The number of rotatable bonds is 5. The first kappa shape index (κ1) is 17.1. The molecule has 0 radical (unpaired) electrons. The lowest BCUT2D eigenvalue weighted by molar-refractivity contribution is -0.386. The molecule has 8 heteroatoms. The van der Waals surface area contributed by atoms with Crippen LogP contribution in [0.3, 0.4) is 0 Å². The molecule has 0 fully saturated rings. The standard InChI is InChI=1S/C15H12Cl2N2O4/c1-9(23-14-5-3-2-4-13(14)19(21)22)15(20)18-12-7-6-10(16)8-11(12)17/h2-9H,1H3,(H,18,20). The van der Waals surface area contributed by atoms with Crippen molar-refractivity contribution in [3.05, 3.63) is 62.6 Å². The van der Waals surface area contributed by atoms with Crippen molar-refractivity contribution in [2.24, 2.45) is 0 Å². The number of nitro benzene ring substituents is 1. The number of anilines is 1. The number of amides is 1. The lowest BCUT2D eigenvalue weighted by atomic mass is 10.2. The van der Waals surface area contributed by atoms with E-state index >= 15 is 0 Å². The van der Waals surface area contributed by atoms with Gasteiger partial charge in [-0.3, -0.25) is 14.9 Å². The highest BCUT2D eigenvalue weighted by Crippen LogP contribution is 2.28. The average Bonchev–Trinajstić information content (AvgIpc) is 2.50. The molecule has 0 heterocycles. The fraction of sp³-hybridized carbons (Fsp3) is 0.133. The Hall–Kier alpha value is -2.31. The minimum atomic E-state index is -0.956. The first-order chi connectivity index (χ1) is 10.9. The maximum Gasteiger partial charge on any atom is 0.310 e. The molecule has 0 saturated carbocycles. The monoisotopic (exact) mass is 354 g/mol. The van der Waals surface area contributed by atoms with Crippen LogP contribution in [0.5, 0.6) is 5.75 Å². The molecule has 23 heavy (non-hydrogen) atoms. The summed E-state index contributed by atoms with van der Waals surface area (Å²) in [6.45, 7) is 1.48. The summed E-state index contributed by atoms with van der Waals surface area (Å²) in [7, 11) is 0. The van der Waals surface area contributed by atoms with Crippen LogP contribution in [0.1, 0.15) is 6.92 Å². The number of nitrogens with zero attached hydrogens (tertiary/aromatic N) is 1. The summed E-state index contributed by atoms with van der Waals surface area (Å²) >= 11 is 11.8. The van der Waals surface area contributed by atoms with Gasteiger partial charge < -0.3 is 10.1 Å². The second-order valence-electron chi connectivity index (χ2n) is 4.60. The van der Waals surface area contributed by atoms with Crippen LogP contribution in [0.25, 0.3) is 0 Å². The molecule has 0 spiro atoms. The smallest absolute Gasteiger partial charge is 0.310 e. The maximum atomic E-state index is 12.1. The van der Waals surface area contributed by atoms with Gasteiger partial charge in [0.1, 0.15) is 0 Å². The Balaban J connectivity index is 2.10. The molecule has 2 aromatic rings. The molecule has 2 aromatic carbocycles. The largest absolute Gasteiger partial charge is 0.474 e. The number of para-hydroxylation sites is 2. The Morgan fingerprint density at radius 1 is 1.26 bits per heavy atom. The molecule has 0 bridgehead atoms. The highest BCUT2D eigenvalue weighted by molar-refractivity contribution is 6.36. The Morgan fingerprint density at radius 3 is 2.61 bits per heavy atom. The summed E-state index contributed by atoms with van der Waals surface area (Å²) in [6, 6.07) is 10.5. The van der Waals surface area contributed by atoms with Crippen molar-refractivity contribution >= 4 is 40.5 Å². The molecule has 0 aliphatic rings. The average molecular weight is 355 g/mol. The molecule has 120 valence electrons. The number of nitrogens with one attached hydrogen (secondary N) is 1. The van der Waals surface area contributed by atoms with Crippen molar-refractivity contribution in [2.75, 3.05) is 5.32 Å². The van der Waals surface area contributed by atoms with Gasteiger partial charge in [-0.2, -0.15) is 0 Å². The van der Waals surface area contributed by atoms with E-state index in [4.69, 9.17) is 27.9 Å². The Bertz CT molecular complexity index is 752. The molecule has 2 rings (SSSR count). The Labute approximate surface area is 142 Å². The molecule has 1 amide bonds. The van der Waals surface area contributed by atoms with E-state index in [1.807, 2.05) is 0 Å². The first-order valence-electron chi connectivity index (χ1n) is 6.54. The minimum absolute atomic E-state index is 0.0161. The molecule has 0 aliphatic carbocycles. The van der Waals surface area contributed by atoms with E-state index in [0.29, 0.717) is 10.7 Å². The van der Waals surface area contributed by atoms with Crippen LogP contribution in [0.4, 0.5) is 11.4 Å². The third-order valence-corrected chi connectivity index (χ3v) is 3.47. The van der Waals surface area contributed by atoms with Crippen LogP contribution in [-0.4, -0.2) is 16.9 Å². The SMILES string of the molecule is CC(Oc1ccccc1[N+](=O)[O-])C(=O)Nc1ccc(Cl)cc1Cl. The molecular weight excluding hydrogens is 343 g/mol. The lowest BCUT2D eigenvalue weighted by Gasteiger charge is -2.15. The highest BCUT2D eigenvalue weighted by atomic mass is 35.5. The summed E-state index contributed by atoms with van der Waals surface area (Å²) in [5.74, 6) is -0.477. The van der Waals surface area contributed by atoms with E-state index in [0.717, 1.165) is 0 Å². The number of ether oxygens (including phenoxy) is 1. The minimum Gasteiger partial charge on any atom is -0.474 e. The van der Waals surface area contributed by atoms with Crippen LogP contribution in [0.2, 0.25) is 10.0 Å². The van der Waals surface area contributed by atoms with Gasteiger partial charge in [0.2, 0.25) is 0 Å². The molecular formula is C15H12Cl2N2O4. The first-order valence-corrected chi connectivity index (χ1v) is 7.30. The summed E-state index contributed by atoms with van der Waals surface area (Å²) in [6.07, 6.45) is -0.956. The predicted octanol–water partition coefficient (Wildman–Crippen LogP) is 4.31. The van der Waals surface area contributed by atoms with E-state index in [2.05, 4.69) is 5.32 Å². The van der Waals surface area contributed by atoms with Crippen molar-refractivity contribution in [3.8, 4) is 5.75 Å². The second kappa shape index (κ2) is 7.30. The van der Waals surface area contributed by atoms with Gasteiger partial charge in [0.15, 0.2) is 11.9 Å². The van der Waals surface area contributed by atoms with Crippen molar-refractivity contribution in [2.45, 2.75) is 13.0 Å². The second-order valence-corrected chi connectivity index (χ2v) is 5.44. The zero-order valence-corrected chi connectivity index (χ0v) is 13.5. The van der Waals surface area contributed by atoms with Crippen LogP contribution in [-0.2, 0) is 4.79 Å². The lowest BCUT2D eigenvalue weighted by Crippen LogP contribution is -2.30. The third-order valence-electron chi connectivity index (χ3n) is 2.92. The van der Waals surface area contributed by atoms with Crippen LogP contribution < -0.4 is 10.1 Å². The third kappa shape index (κ3) is 4.34. The molecule has 1 atom stereocenters. The molecule has 1 unspecified atom stereocenters. The number of carbonyl (C=O) groups is 1. The molecule has 1 N–H and O–H groups in total.